The Hall–Kier alpha value is -1.82. The Morgan fingerprint density at radius 2 is 2.00 bits per heavy atom. The molecule has 0 aliphatic carbocycles. The third-order valence-corrected chi connectivity index (χ3v) is 1.64. The van der Waals surface area contributed by atoms with E-state index in [1.165, 1.54) is 12.1 Å². The summed E-state index contributed by atoms with van der Waals surface area (Å²) in [5.41, 5.74) is 0.869. The first-order valence-electron chi connectivity index (χ1n) is 4.34. The Bertz CT molecular complexity index is 335. The molecule has 1 aromatic carbocycles. The van der Waals surface area contributed by atoms with Crippen molar-refractivity contribution in [2.24, 2.45) is 0 Å². The number of rotatable bonds is 4. The van der Waals surface area contributed by atoms with Crippen LogP contribution in [0, 0.1) is 17.1 Å². The Kier molecular flexibility index (Phi) is 4.22. The molecule has 0 bridgehead atoms. The van der Waals surface area contributed by atoms with Gasteiger partial charge in [0.25, 0.3) is 0 Å². The molecule has 0 saturated heterocycles. The molecule has 0 spiro atoms. The highest BCUT2D eigenvalue weighted by Crippen LogP contribution is 2.07. The Morgan fingerprint density at radius 1 is 1.29 bits per heavy atom. The monoisotopic (exact) mass is 190 g/mol. The zero-order valence-corrected chi connectivity index (χ0v) is 7.70. The molecule has 3 heteroatoms. The highest BCUT2D eigenvalue weighted by molar-refractivity contribution is 5.43. The van der Waals surface area contributed by atoms with E-state index in [-0.39, 0.29) is 5.82 Å². The fraction of sp³-hybridized carbons (Fsp3) is 0.182. The van der Waals surface area contributed by atoms with E-state index in [9.17, 15) is 4.39 Å². The third-order valence-electron chi connectivity index (χ3n) is 1.64. The van der Waals surface area contributed by atoms with Gasteiger partial charge in [0, 0.05) is 12.2 Å². The molecule has 0 aliphatic heterocycles. The van der Waals surface area contributed by atoms with Crippen molar-refractivity contribution < 1.29 is 4.39 Å². The van der Waals surface area contributed by atoms with Crippen LogP contribution in [0.2, 0.25) is 0 Å². The molecule has 0 saturated carbocycles. The van der Waals surface area contributed by atoms with E-state index >= 15 is 0 Å². The second-order valence-electron chi connectivity index (χ2n) is 2.72. The van der Waals surface area contributed by atoms with Crippen LogP contribution >= 0.6 is 0 Å². The number of halogens is 1. The maximum Gasteiger partial charge on any atom is 0.123 e. The van der Waals surface area contributed by atoms with Crippen LogP contribution in [0.3, 0.4) is 0 Å². The molecule has 0 amide bonds. The van der Waals surface area contributed by atoms with Crippen molar-refractivity contribution >= 4 is 5.69 Å². The van der Waals surface area contributed by atoms with E-state index in [0.29, 0.717) is 13.0 Å². The van der Waals surface area contributed by atoms with E-state index in [0.717, 1.165) is 5.69 Å². The van der Waals surface area contributed by atoms with Gasteiger partial charge in [0.2, 0.25) is 0 Å². The first-order chi connectivity index (χ1) is 6.83. The molecule has 2 nitrogen and oxygen atoms in total. The topological polar surface area (TPSA) is 35.8 Å². The second kappa shape index (κ2) is 5.76. The van der Waals surface area contributed by atoms with Gasteiger partial charge in [0.15, 0.2) is 0 Å². The van der Waals surface area contributed by atoms with Crippen LogP contribution in [0.15, 0.2) is 36.4 Å². The van der Waals surface area contributed by atoms with Gasteiger partial charge in [-0.05, 0) is 24.3 Å². The molecule has 14 heavy (non-hydrogen) atoms. The highest BCUT2D eigenvalue weighted by atomic mass is 19.1. The SMILES string of the molecule is N#CC/C=C/CNc1ccc(F)cc1. The van der Waals surface area contributed by atoms with Crippen LogP contribution in [0.5, 0.6) is 0 Å². The molecule has 0 aromatic heterocycles. The number of hydrogen-bond donors (Lipinski definition) is 1. The maximum absolute atomic E-state index is 12.5. The fourth-order valence-electron chi connectivity index (χ4n) is 0.964. The van der Waals surface area contributed by atoms with E-state index in [2.05, 4.69) is 5.32 Å². The van der Waals surface area contributed by atoms with Gasteiger partial charge in [-0.1, -0.05) is 12.2 Å². The van der Waals surface area contributed by atoms with Crippen LogP contribution in [0.4, 0.5) is 10.1 Å². The predicted molar refractivity (Wildman–Crippen MR) is 54.3 cm³/mol. The van der Waals surface area contributed by atoms with Gasteiger partial charge in [0.05, 0.1) is 12.5 Å². The van der Waals surface area contributed by atoms with E-state index in [4.69, 9.17) is 5.26 Å². The number of nitrogens with one attached hydrogen (secondary N) is 1. The normalized spacial score (nSPS) is 10.0. The quantitative estimate of drug-likeness (QED) is 0.741. The molecular formula is C11H11FN2. The van der Waals surface area contributed by atoms with Crippen molar-refractivity contribution in [1.82, 2.24) is 0 Å². The van der Waals surface area contributed by atoms with Gasteiger partial charge in [-0.15, -0.1) is 0 Å². The summed E-state index contributed by atoms with van der Waals surface area (Å²) in [7, 11) is 0. The number of nitrogens with zero attached hydrogens (tertiary/aromatic N) is 1. The predicted octanol–water partition coefficient (Wildman–Crippen LogP) is 2.71. The van der Waals surface area contributed by atoms with Crippen molar-refractivity contribution in [2.45, 2.75) is 6.42 Å². The molecule has 0 aliphatic rings. The fourth-order valence-corrected chi connectivity index (χ4v) is 0.964. The van der Waals surface area contributed by atoms with Gasteiger partial charge >= 0.3 is 0 Å². The molecule has 0 fully saturated rings. The lowest BCUT2D eigenvalue weighted by Gasteiger charge is -2.01. The lowest BCUT2D eigenvalue weighted by atomic mass is 10.3. The Morgan fingerprint density at radius 3 is 2.64 bits per heavy atom. The third kappa shape index (κ3) is 3.72. The number of allylic oxidation sites excluding steroid dienone is 1. The lowest BCUT2D eigenvalue weighted by molar-refractivity contribution is 0.628. The molecule has 0 radical (unpaired) electrons. The summed E-state index contributed by atoms with van der Waals surface area (Å²) in [6, 6.07) is 8.17. The minimum atomic E-state index is -0.240. The highest BCUT2D eigenvalue weighted by Gasteiger charge is 1.89. The standard InChI is InChI=1S/C11H11FN2/c12-10-4-6-11(7-5-10)14-9-3-1-2-8-13/h1,3-7,14H,2,9H2/b3-1+. The molecule has 1 rings (SSSR count). The number of benzene rings is 1. The molecule has 0 atom stereocenters. The zero-order chi connectivity index (χ0) is 10.2. The summed E-state index contributed by atoms with van der Waals surface area (Å²) < 4.78 is 12.5. The zero-order valence-electron chi connectivity index (χ0n) is 7.70. The van der Waals surface area contributed by atoms with E-state index in [1.54, 1.807) is 18.2 Å². The van der Waals surface area contributed by atoms with Gasteiger partial charge in [-0.3, -0.25) is 0 Å². The van der Waals surface area contributed by atoms with Crippen LogP contribution in [0.25, 0.3) is 0 Å². The van der Waals surface area contributed by atoms with Crippen molar-refractivity contribution in [3.05, 3.63) is 42.2 Å². The Labute approximate surface area is 82.7 Å². The van der Waals surface area contributed by atoms with Gasteiger partial charge in [-0.2, -0.15) is 5.26 Å². The van der Waals surface area contributed by atoms with Crippen LogP contribution in [-0.4, -0.2) is 6.54 Å². The summed E-state index contributed by atoms with van der Waals surface area (Å²) in [6.45, 7) is 0.646. The van der Waals surface area contributed by atoms with Crippen molar-refractivity contribution in [1.29, 1.82) is 5.26 Å². The molecule has 0 unspecified atom stereocenters. The van der Waals surface area contributed by atoms with Crippen LogP contribution < -0.4 is 5.32 Å². The van der Waals surface area contributed by atoms with Crippen molar-refractivity contribution in [3.8, 4) is 6.07 Å². The average molecular weight is 190 g/mol. The molecular weight excluding hydrogens is 179 g/mol. The lowest BCUT2D eigenvalue weighted by Crippen LogP contribution is -1.97. The largest absolute Gasteiger partial charge is 0.382 e. The van der Waals surface area contributed by atoms with Gasteiger partial charge in [-0.25, -0.2) is 4.39 Å². The average Bonchev–Trinajstić information content (AvgIpc) is 2.21. The summed E-state index contributed by atoms with van der Waals surface area (Å²) >= 11 is 0. The van der Waals surface area contributed by atoms with Gasteiger partial charge < -0.3 is 5.32 Å². The number of nitriles is 1. The molecule has 0 heterocycles. The minimum Gasteiger partial charge on any atom is -0.382 e. The maximum atomic E-state index is 12.5. The number of hydrogen-bond acceptors (Lipinski definition) is 2. The molecule has 1 aromatic rings. The first-order valence-corrected chi connectivity index (χ1v) is 4.34. The van der Waals surface area contributed by atoms with Crippen molar-refractivity contribution in [2.75, 3.05) is 11.9 Å². The summed E-state index contributed by atoms with van der Waals surface area (Å²) in [6.07, 6.45) is 4.08. The van der Waals surface area contributed by atoms with Gasteiger partial charge in [0.1, 0.15) is 5.82 Å². The summed E-state index contributed by atoms with van der Waals surface area (Å²) in [5.74, 6) is -0.240. The van der Waals surface area contributed by atoms with Crippen LogP contribution in [0.1, 0.15) is 6.42 Å². The summed E-state index contributed by atoms with van der Waals surface area (Å²) in [4.78, 5) is 0. The minimum absolute atomic E-state index is 0.240. The molecule has 1 N–H and O–H groups in total. The Balaban J connectivity index is 2.32. The second-order valence-corrected chi connectivity index (χ2v) is 2.72. The number of anilines is 1. The van der Waals surface area contributed by atoms with Crippen molar-refractivity contribution in [3.63, 3.8) is 0 Å². The van der Waals surface area contributed by atoms with E-state index in [1.807, 2.05) is 12.1 Å². The van der Waals surface area contributed by atoms with Crippen LogP contribution in [-0.2, 0) is 0 Å². The first kappa shape index (κ1) is 10.3. The summed E-state index contributed by atoms with van der Waals surface area (Å²) in [5, 5.41) is 11.3. The van der Waals surface area contributed by atoms with E-state index < -0.39 is 0 Å². The smallest absolute Gasteiger partial charge is 0.123 e. The molecule has 72 valence electrons.